The van der Waals surface area contributed by atoms with Crippen molar-refractivity contribution in [2.45, 2.75) is 26.2 Å². The van der Waals surface area contributed by atoms with Gasteiger partial charge in [0, 0.05) is 5.92 Å². The summed E-state index contributed by atoms with van der Waals surface area (Å²) >= 11 is 0. The van der Waals surface area contributed by atoms with Gasteiger partial charge in [0.1, 0.15) is 11.7 Å². The lowest BCUT2D eigenvalue weighted by Gasteiger charge is -2.30. The molecule has 0 amide bonds. The van der Waals surface area contributed by atoms with Gasteiger partial charge in [-0.1, -0.05) is 48.0 Å². The van der Waals surface area contributed by atoms with Gasteiger partial charge in [0.2, 0.25) is 0 Å². The fourth-order valence-corrected chi connectivity index (χ4v) is 3.69. The number of rotatable bonds is 5. The number of carbonyl (C=O) groups excluding carboxylic acids is 2. The molecule has 2 aromatic rings. The maximum Gasteiger partial charge on any atom is 0.317 e. The van der Waals surface area contributed by atoms with Gasteiger partial charge in [-0.3, -0.25) is 9.59 Å². The average Bonchev–Trinajstić information content (AvgIpc) is 2.67. The monoisotopic (exact) mass is 364 g/mol. The first-order chi connectivity index (χ1) is 13.0. The Bertz CT molecular complexity index is 881. The smallest absolute Gasteiger partial charge is 0.317 e. The highest BCUT2D eigenvalue weighted by molar-refractivity contribution is 6.10. The molecule has 0 bridgehead atoms. The Balaban J connectivity index is 2.07. The molecule has 0 spiro atoms. The van der Waals surface area contributed by atoms with E-state index in [1.54, 1.807) is 20.1 Å². The standard InChI is InChI=1S/C23H24O4/c1-4-27-23(25)22-19(18-10-5-6-11-21(18)26-3)13-17(14-20(22)24)16-9-7-8-15(2)12-16/h5-12,14,19,22H,4,13H2,1-3H3/t19-,22+/m0/s1. The van der Waals surface area contributed by atoms with Crippen molar-refractivity contribution in [2.75, 3.05) is 13.7 Å². The summed E-state index contributed by atoms with van der Waals surface area (Å²) in [7, 11) is 1.60. The van der Waals surface area contributed by atoms with Crippen LogP contribution in [0.25, 0.3) is 5.57 Å². The van der Waals surface area contributed by atoms with E-state index < -0.39 is 11.9 Å². The Kier molecular flexibility index (Phi) is 5.75. The fraction of sp³-hybridized carbons (Fsp3) is 0.304. The van der Waals surface area contributed by atoms with E-state index in [4.69, 9.17) is 9.47 Å². The second-order valence-electron chi connectivity index (χ2n) is 6.72. The fourth-order valence-electron chi connectivity index (χ4n) is 3.69. The first-order valence-electron chi connectivity index (χ1n) is 9.16. The third-order valence-electron chi connectivity index (χ3n) is 4.93. The number of hydrogen-bond donors (Lipinski definition) is 0. The van der Waals surface area contributed by atoms with Crippen LogP contribution in [0.5, 0.6) is 5.75 Å². The summed E-state index contributed by atoms with van der Waals surface area (Å²) < 4.78 is 10.7. The summed E-state index contributed by atoms with van der Waals surface area (Å²) in [5.74, 6) is -1.19. The van der Waals surface area contributed by atoms with Crippen LogP contribution in [-0.4, -0.2) is 25.5 Å². The van der Waals surface area contributed by atoms with Crippen LogP contribution in [0.15, 0.2) is 54.6 Å². The van der Waals surface area contributed by atoms with Gasteiger partial charge in [0.05, 0.1) is 13.7 Å². The summed E-state index contributed by atoms with van der Waals surface area (Å²) in [5, 5.41) is 0. The normalized spacial score (nSPS) is 19.4. The Morgan fingerprint density at radius 2 is 1.93 bits per heavy atom. The number of allylic oxidation sites excluding steroid dienone is 2. The predicted molar refractivity (Wildman–Crippen MR) is 105 cm³/mol. The number of carbonyl (C=O) groups is 2. The summed E-state index contributed by atoms with van der Waals surface area (Å²) in [4.78, 5) is 25.5. The summed E-state index contributed by atoms with van der Waals surface area (Å²) in [6.45, 7) is 4.01. The maximum absolute atomic E-state index is 12.9. The molecule has 0 N–H and O–H groups in total. The molecule has 0 saturated carbocycles. The molecule has 0 heterocycles. The molecule has 1 aliphatic rings. The third kappa shape index (κ3) is 3.95. The van der Waals surface area contributed by atoms with E-state index in [1.165, 1.54) is 0 Å². The van der Waals surface area contributed by atoms with Gasteiger partial charge in [0.25, 0.3) is 0 Å². The van der Waals surface area contributed by atoms with Gasteiger partial charge in [0.15, 0.2) is 5.78 Å². The van der Waals surface area contributed by atoms with Crippen LogP contribution in [0.4, 0.5) is 0 Å². The Labute approximate surface area is 159 Å². The molecule has 4 nitrogen and oxygen atoms in total. The molecule has 3 rings (SSSR count). The number of ketones is 1. The number of esters is 1. The first-order valence-corrected chi connectivity index (χ1v) is 9.16. The predicted octanol–water partition coefficient (Wildman–Crippen LogP) is 4.32. The van der Waals surface area contributed by atoms with Crippen LogP contribution >= 0.6 is 0 Å². The second-order valence-corrected chi connectivity index (χ2v) is 6.72. The van der Waals surface area contributed by atoms with Gasteiger partial charge in [-0.25, -0.2) is 0 Å². The molecule has 0 radical (unpaired) electrons. The minimum absolute atomic E-state index is 0.216. The van der Waals surface area contributed by atoms with E-state index in [1.807, 2.05) is 49.4 Å². The molecule has 0 unspecified atom stereocenters. The van der Waals surface area contributed by atoms with E-state index in [-0.39, 0.29) is 18.3 Å². The second kappa shape index (κ2) is 8.21. The lowest BCUT2D eigenvalue weighted by Crippen LogP contribution is -2.34. The first kappa shape index (κ1) is 18.9. The molecule has 0 aliphatic heterocycles. The van der Waals surface area contributed by atoms with E-state index in [2.05, 4.69) is 6.07 Å². The Morgan fingerprint density at radius 3 is 2.63 bits per heavy atom. The van der Waals surface area contributed by atoms with E-state index in [0.717, 1.165) is 22.3 Å². The van der Waals surface area contributed by atoms with Crippen molar-refractivity contribution < 1.29 is 19.1 Å². The largest absolute Gasteiger partial charge is 0.496 e. The number of aryl methyl sites for hydroxylation is 1. The van der Waals surface area contributed by atoms with Crippen molar-refractivity contribution in [3.63, 3.8) is 0 Å². The van der Waals surface area contributed by atoms with Gasteiger partial charge in [-0.05, 0) is 49.1 Å². The summed E-state index contributed by atoms with van der Waals surface area (Å²) in [6, 6.07) is 15.6. The van der Waals surface area contributed by atoms with Crippen LogP contribution in [0.1, 0.15) is 36.0 Å². The van der Waals surface area contributed by atoms with Gasteiger partial charge >= 0.3 is 5.97 Å². The SMILES string of the molecule is CCOC(=O)[C@H]1C(=O)C=C(c2cccc(C)c2)C[C@H]1c1ccccc1OC. The molecular formula is C23H24O4. The average molecular weight is 364 g/mol. The molecular weight excluding hydrogens is 340 g/mol. The molecule has 0 saturated heterocycles. The molecule has 0 fully saturated rings. The van der Waals surface area contributed by atoms with Crippen molar-refractivity contribution in [2.24, 2.45) is 5.92 Å². The van der Waals surface area contributed by atoms with E-state index in [0.29, 0.717) is 12.2 Å². The Hall–Kier alpha value is -2.88. The third-order valence-corrected chi connectivity index (χ3v) is 4.93. The zero-order chi connectivity index (χ0) is 19.4. The van der Waals surface area contributed by atoms with Crippen LogP contribution in [0.2, 0.25) is 0 Å². The number of benzene rings is 2. The van der Waals surface area contributed by atoms with Crippen LogP contribution in [0.3, 0.4) is 0 Å². The molecule has 2 atom stereocenters. The van der Waals surface area contributed by atoms with Crippen LogP contribution < -0.4 is 4.74 Å². The Morgan fingerprint density at radius 1 is 1.15 bits per heavy atom. The number of hydrogen-bond acceptors (Lipinski definition) is 4. The molecule has 2 aromatic carbocycles. The molecule has 1 aliphatic carbocycles. The number of para-hydroxylation sites is 1. The zero-order valence-corrected chi connectivity index (χ0v) is 15.9. The van der Waals surface area contributed by atoms with Crippen molar-refractivity contribution in [1.82, 2.24) is 0 Å². The van der Waals surface area contributed by atoms with E-state index >= 15 is 0 Å². The van der Waals surface area contributed by atoms with Gasteiger partial charge in [-0.2, -0.15) is 0 Å². The topological polar surface area (TPSA) is 52.6 Å². The lowest BCUT2D eigenvalue weighted by atomic mass is 9.73. The van der Waals surface area contributed by atoms with Crippen LogP contribution in [0, 0.1) is 12.8 Å². The van der Waals surface area contributed by atoms with Crippen molar-refractivity contribution >= 4 is 17.3 Å². The summed E-state index contributed by atoms with van der Waals surface area (Å²) in [5.41, 5.74) is 3.91. The minimum Gasteiger partial charge on any atom is -0.496 e. The molecule has 0 aromatic heterocycles. The lowest BCUT2D eigenvalue weighted by molar-refractivity contribution is -0.151. The van der Waals surface area contributed by atoms with Crippen molar-refractivity contribution in [1.29, 1.82) is 0 Å². The highest BCUT2D eigenvalue weighted by Crippen LogP contribution is 2.43. The highest BCUT2D eigenvalue weighted by Gasteiger charge is 2.40. The quantitative estimate of drug-likeness (QED) is 0.586. The van der Waals surface area contributed by atoms with Gasteiger partial charge < -0.3 is 9.47 Å². The molecule has 27 heavy (non-hydrogen) atoms. The summed E-state index contributed by atoms with van der Waals surface area (Å²) in [6.07, 6.45) is 2.17. The van der Waals surface area contributed by atoms with Crippen molar-refractivity contribution in [3.05, 3.63) is 71.3 Å². The van der Waals surface area contributed by atoms with Crippen LogP contribution in [-0.2, 0) is 14.3 Å². The number of methoxy groups -OCH3 is 1. The number of ether oxygens (including phenoxy) is 2. The maximum atomic E-state index is 12.9. The highest BCUT2D eigenvalue weighted by atomic mass is 16.5. The van der Waals surface area contributed by atoms with E-state index in [9.17, 15) is 9.59 Å². The van der Waals surface area contributed by atoms with Crippen molar-refractivity contribution in [3.8, 4) is 5.75 Å². The minimum atomic E-state index is -0.852. The zero-order valence-electron chi connectivity index (χ0n) is 15.9. The van der Waals surface area contributed by atoms with Gasteiger partial charge in [-0.15, -0.1) is 0 Å². The molecule has 4 heteroatoms. The molecule has 140 valence electrons.